The van der Waals surface area contributed by atoms with Gasteiger partial charge in [-0.2, -0.15) is 0 Å². The molecule has 1 aliphatic rings. The highest BCUT2D eigenvalue weighted by molar-refractivity contribution is 7.97. The van der Waals surface area contributed by atoms with E-state index in [4.69, 9.17) is 26.5 Å². The van der Waals surface area contributed by atoms with Gasteiger partial charge in [-0.15, -0.1) is 0 Å². The van der Waals surface area contributed by atoms with Crippen molar-refractivity contribution in [3.63, 3.8) is 0 Å². The summed E-state index contributed by atoms with van der Waals surface area (Å²) in [6, 6.07) is 26.5. The fraction of sp³-hybridized carbons (Fsp3) is 0.368. The summed E-state index contributed by atoms with van der Waals surface area (Å²) in [5.74, 6) is -0.0768. The molecule has 7 heteroatoms. The van der Waals surface area contributed by atoms with Crippen LogP contribution >= 0.6 is 23.5 Å². The number of benzene rings is 3. The Hall–Kier alpha value is -3.16. The van der Waals surface area contributed by atoms with E-state index in [9.17, 15) is 9.90 Å². The predicted octanol–water partition coefficient (Wildman–Crippen LogP) is 9.10. The van der Waals surface area contributed by atoms with E-state index in [1.807, 2.05) is 76.2 Å². The van der Waals surface area contributed by atoms with E-state index in [0.29, 0.717) is 11.4 Å². The van der Waals surface area contributed by atoms with Crippen molar-refractivity contribution in [2.24, 2.45) is 10.6 Å². The van der Waals surface area contributed by atoms with Gasteiger partial charge in [-0.1, -0.05) is 90.3 Å². The number of nitrogens with zero attached hydrogens (tertiary/aromatic N) is 1. The second-order valence-corrected chi connectivity index (χ2v) is 14.3. The number of aromatic nitrogens is 1. The normalized spacial score (nSPS) is 15.8. The second kappa shape index (κ2) is 14.1. The molecule has 2 atom stereocenters. The van der Waals surface area contributed by atoms with E-state index in [2.05, 4.69) is 42.5 Å². The lowest BCUT2D eigenvalue weighted by Gasteiger charge is -2.33. The first-order valence-electron chi connectivity index (χ1n) is 15.7. The molecule has 1 fully saturated rings. The Morgan fingerprint density at radius 1 is 1.07 bits per heavy atom. The third-order valence-corrected chi connectivity index (χ3v) is 10.1. The van der Waals surface area contributed by atoms with Crippen molar-refractivity contribution in [3.8, 4) is 0 Å². The summed E-state index contributed by atoms with van der Waals surface area (Å²) >= 11 is 7.57. The maximum Gasteiger partial charge on any atom is 0.306 e. The van der Waals surface area contributed by atoms with Gasteiger partial charge in [-0.05, 0) is 111 Å². The van der Waals surface area contributed by atoms with Gasteiger partial charge in [0.1, 0.15) is 0 Å². The molecule has 236 valence electrons. The van der Waals surface area contributed by atoms with Gasteiger partial charge in [0.2, 0.25) is 0 Å². The van der Waals surface area contributed by atoms with Crippen LogP contribution in [0.5, 0.6) is 0 Å². The summed E-state index contributed by atoms with van der Waals surface area (Å²) in [7, 11) is 0. The summed E-state index contributed by atoms with van der Waals surface area (Å²) in [5, 5.41) is 19.1. The first-order chi connectivity index (χ1) is 21.5. The van der Waals surface area contributed by atoms with Crippen molar-refractivity contribution in [2.75, 3.05) is 0 Å². The standard InChI is InChI=1S/C38H43ClN2O3S/c1-25(2)44-35(42)24-38(20-21-38)36(45-40)32(19-15-27-9-5-6-11-33(27)37(3,4)43)29-10-7-8-26(22-29)12-17-31-18-14-28-13-16-30(39)23-34(28)41-31/h5-14,16-18,22-23,25,32,36,43H,15,19-21,24,40H2,1-4H3/t32-,36?/m1/s1. The third-order valence-electron chi connectivity index (χ3n) is 8.73. The van der Waals surface area contributed by atoms with E-state index in [0.717, 1.165) is 59.0 Å². The Labute approximate surface area is 276 Å². The highest BCUT2D eigenvalue weighted by Gasteiger charge is 2.53. The van der Waals surface area contributed by atoms with Crippen LogP contribution in [0.2, 0.25) is 5.02 Å². The predicted molar refractivity (Wildman–Crippen MR) is 188 cm³/mol. The monoisotopic (exact) mass is 642 g/mol. The molecule has 3 aromatic carbocycles. The van der Waals surface area contributed by atoms with Gasteiger partial charge in [0.15, 0.2) is 0 Å². The molecule has 5 rings (SSSR count). The summed E-state index contributed by atoms with van der Waals surface area (Å²) in [4.78, 5) is 17.6. The zero-order valence-electron chi connectivity index (χ0n) is 26.5. The molecule has 3 N–H and O–H groups in total. The summed E-state index contributed by atoms with van der Waals surface area (Å²) < 4.78 is 5.58. The van der Waals surface area contributed by atoms with Crippen LogP contribution in [-0.4, -0.2) is 27.4 Å². The number of aliphatic hydroxyl groups is 1. The lowest BCUT2D eigenvalue weighted by Crippen LogP contribution is -2.31. The minimum absolute atomic E-state index is 0.0256. The number of nitrogens with two attached hydrogens (primary N) is 1. The Balaban J connectivity index is 1.46. The average Bonchev–Trinajstić information content (AvgIpc) is 3.76. The molecule has 1 saturated carbocycles. The summed E-state index contributed by atoms with van der Waals surface area (Å²) in [6.45, 7) is 7.43. The Morgan fingerprint density at radius 2 is 1.82 bits per heavy atom. The van der Waals surface area contributed by atoms with Crippen molar-refractivity contribution in [1.82, 2.24) is 4.98 Å². The van der Waals surface area contributed by atoms with E-state index in [1.165, 1.54) is 17.5 Å². The SMILES string of the molecule is CC(C)OC(=O)CC1(C(SN)[C@H](CCc2ccccc2C(C)(C)O)c2cccc(C=Cc3ccc4ccc(Cl)cc4n3)c2)CC1. The molecule has 0 aliphatic heterocycles. The Morgan fingerprint density at radius 3 is 2.53 bits per heavy atom. The maximum atomic E-state index is 12.9. The largest absolute Gasteiger partial charge is 0.463 e. The quantitative estimate of drug-likeness (QED) is 0.112. The zero-order valence-corrected chi connectivity index (χ0v) is 28.1. The first kappa shape index (κ1) is 33.2. The molecule has 0 radical (unpaired) electrons. The molecule has 1 aromatic heterocycles. The molecular weight excluding hydrogens is 600 g/mol. The van der Waals surface area contributed by atoms with E-state index in [-0.39, 0.29) is 28.7 Å². The first-order valence-corrected chi connectivity index (χ1v) is 17.0. The zero-order chi connectivity index (χ0) is 32.2. The van der Waals surface area contributed by atoms with Gasteiger partial charge in [-0.3, -0.25) is 9.93 Å². The van der Waals surface area contributed by atoms with Crippen molar-refractivity contribution >= 4 is 52.6 Å². The van der Waals surface area contributed by atoms with Gasteiger partial charge >= 0.3 is 5.97 Å². The molecule has 5 nitrogen and oxygen atoms in total. The number of hydrogen-bond donors (Lipinski definition) is 2. The summed E-state index contributed by atoms with van der Waals surface area (Å²) in [5.41, 5.74) is 4.87. The maximum absolute atomic E-state index is 12.9. The van der Waals surface area contributed by atoms with Crippen molar-refractivity contribution < 1.29 is 14.6 Å². The number of hydrogen-bond acceptors (Lipinski definition) is 6. The molecule has 45 heavy (non-hydrogen) atoms. The lowest BCUT2D eigenvalue weighted by molar-refractivity contribution is -0.148. The number of fused-ring (bicyclic) bond motifs is 1. The van der Waals surface area contributed by atoms with Crippen LogP contribution in [0.4, 0.5) is 0 Å². The van der Waals surface area contributed by atoms with Crippen molar-refractivity contribution in [1.29, 1.82) is 0 Å². The van der Waals surface area contributed by atoms with E-state index < -0.39 is 5.60 Å². The fourth-order valence-corrected chi connectivity index (χ4v) is 7.65. The van der Waals surface area contributed by atoms with E-state index >= 15 is 0 Å². The van der Waals surface area contributed by atoms with Crippen molar-refractivity contribution in [3.05, 3.63) is 112 Å². The van der Waals surface area contributed by atoms with Gasteiger partial charge in [0, 0.05) is 15.7 Å². The molecule has 1 heterocycles. The average molecular weight is 643 g/mol. The Kier molecular flexibility index (Phi) is 10.4. The molecular formula is C38H43ClN2O3S. The number of halogens is 1. The van der Waals surface area contributed by atoms with Gasteiger partial charge in [-0.25, -0.2) is 4.98 Å². The molecule has 1 unspecified atom stereocenters. The number of pyridine rings is 1. The van der Waals surface area contributed by atoms with Crippen molar-refractivity contribution in [2.45, 2.75) is 82.7 Å². The Bertz CT molecular complexity index is 1680. The number of carbonyl (C=O) groups excluding carboxylic acids is 1. The molecule has 0 amide bonds. The summed E-state index contributed by atoms with van der Waals surface area (Å²) in [6.07, 6.45) is 7.82. The molecule has 0 spiro atoms. The van der Waals surface area contributed by atoms with Crippen LogP contribution in [0, 0.1) is 5.41 Å². The minimum atomic E-state index is -0.945. The highest BCUT2D eigenvalue weighted by atomic mass is 35.5. The van der Waals surface area contributed by atoms with E-state index in [1.54, 1.807) is 0 Å². The fourth-order valence-electron chi connectivity index (χ4n) is 6.39. The van der Waals surface area contributed by atoms with Crippen LogP contribution in [-0.2, 0) is 21.6 Å². The van der Waals surface area contributed by atoms with Crippen LogP contribution in [0.25, 0.3) is 23.1 Å². The van der Waals surface area contributed by atoms with Crippen LogP contribution < -0.4 is 5.14 Å². The second-order valence-electron chi connectivity index (χ2n) is 13.1. The van der Waals surface area contributed by atoms with Crippen LogP contribution in [0.1, 0.15) is 87.2 Å². The van der Waals surface area contributed by atoms with Crippen LogP contribution in [0.3, 0.4) is 0 Å². The number of carbonyl (C=O) groups is 1. The molecule has 4 aromatic rings. The smallest absolute Gasteiger partial charge is 0.306 e. The third kappa shape index (κ3) is 8.36. The number of rotatable bonds is 13. The minimum Gasteiger partial charge on any atom is -0.463 e. The number of ether oxygens (including phenoxy) is 1. The van der Waals surface area contributed by atoms with Gasteiger partial charge < -0.3 is 9.84 Å². The molecule has 0 bridgehead atoms. The number of aryl methyl sites for hydroxylation is 1. The lowest BCUT2D eigenvalue weighted by atomic mass is 9.79. The topological polar surface area (TPSA) is 85.4 Å². The molecule has 0 saturated heterocycles. The van der Waals surface area contributed by atoms with Gasteiger partial charge in [0.25, 0.3) is 0 Å². The number of esters is 1. The molecule has 1 aliphatic carbocycles. The van der Waals surface area contributed by atoms with Crippen LogP contribution in [0.15, 0.2) is 78.9 Å². The highest BCUT2D eigenvalue weighted by Crippen LogP contribution is 2.59. The van der Waals surface area contributed by atoms with Gasteiger partial charge in [0.05, 0.1) is 29.3 Å².